The van der Waals surface area contributed by atoms with Gasteiger partial charge >= 0.3 is 0 Å². The molecule has 1 aromatic carbocycles. The highest BCUT2D eigenvalue weighted by Gasteiger charge is 2.11. The number of hydrogen-bond donors (Lipinski definition) is 1. The highest BCUT2D eigenvalue weighted by molar-refractivity contribution is 5.58. The zero-order valence-electron chi connectivity index (χ0n) is 13.7. The average Bonchev–Trinajstić information content (AvgIpc) is 2.39. The van der Waals surface area contributed by atoms with E-state index in [9.17, 15) is 0 Å². The SMILES string of the molecule is CCCC(CCC)Nc1cc(CN(C)C)ccc1OC. The van der Waals surface area contributed by atoms with Crippen molar-refractivity contribution in [1.82, 2.24) is 4.90 Å². The van der Waals surface area contributed by atoms with Crippen LogP contribution in [0.15, 0.2) is 18.2 Å². The van der Waals surface area contributed by atoms with E-state index >= 15 is 0 Å². The van der Waals surface area contributed by atoms with Gasteiger partial charge < -0.3 is 15.0 Å². The predicted octanol–water partition coefficient (Wildman–Crippen LogP) is 4.14. The minimum Gasteiger partial charge on any atom is -0.495 e. The van der Waals surface area contributed by atoms with E-state index in [-0.39, 0.29) is 0 Å². The van der Waals surface area contributed by atoms with Gasteiger partial charge in [-0.2, -0.15) is 0 Å². The second-order valence-electron chi connectivity index (χ2n) is 5.69. The summed E-state index contributed by atoms with van der Waals surface area (Å²) in [6.45, 7) is 5.43. The maximum absolute atomic E-state index is 5.49. The summed E-state index contributed by atoms with van der Waals surface area (Å²) in [6.07, 6.45) is 4.82. The summed E-state index contributed by atoms with van der Waals surface area (Å²) < 4.78 is 5.49. The molecule has 20 heavy (non-hydrogen) atoms. The topological polar surface area (TPSA) is 24.5 Å². The van der Waals surface area contributed by atoms with Crippen LogP contribution in [0, 0.1) is 0 Å². The third-order valence-electron chi connectivity index (χ3n) is 3.40. The molecule has 0 saturated heterocycles. The number of anilines is 1. The summed E-state index contributed by atoms with van der Waals surface area (Å²) >= 11 is 0. The van der Waals surface area contributed by atoms with Crippen LogP contribution in [0.1, 0.15) is 45.1 Å². The number of methoxy groups -OCH3 is 1. The van der Waals surface area contributed by atoms with Gasteiger partial charge in [-0.15, -0.1) is 0 Å². The van der Waals surface area contributed by atoms with E-state index in [1.807, 2.05) is 0 Å². The van der Waals surface area contributed by atoms with E-state index in [1.54, 1.807) is 7.11 Å². The molecule has 0 unspecified atom stereocenters. The van der Waals surface area contributed by atoms with Crippen LogP contribution in [0.25, 0.3) is 0 Å². The normalized spacial score (nSPS) is 11.2. The molecular formula is C17H30N2O. The van der Waals surface area contributed by atoms with Crippen molar-refractivity contribution in [2.45, 2.75) is 52.1 Å². The Hall–Kier alpha value is -1.22. The molecule has 3 heteroatoms. The molecule has 114 valence electrons. The molecule has 3 nitrogen and oxygen atoms in total. The lowest BCUT2D eigenvalue weighted by Crippen LogP contribution is -2.19. The Morgan fingerprint density at radius 1 is 1.15 bits per heavy atom. The van der Waals surface area contributed by atoms with Crippen LogP contribution in [0.4, 0.5) is 5.69 Å². The van der Waals surface area contributed by atoms with Crippen molar-refractivity contribution < 1.29 is 4.74 Å². The first-order chi connectivity index (χ1) is 9.60. The third kappa shape index (κ3) is 5.41. The van der Waals surface area contributed by atoms with E-state index in [4.69, 9.17) is 4.74 Å². The number of ether oxygens (including phenoxy) is 1. The van der Waals surface area contributed by atoms with Crippen molar-refractivity contribution in [2.75, 3.05) is 26.5 Å². The van der Waals surface area contributed by atoms with Gasteiger partial charge in [0.05, 0.1) is 12.8 Å². The van der Waals surface area contributed by atoms with Crippen LogP contribution in [-0.2, 0) is 6.54 Å². The largest absolute Gasteiger partial charge is 0.495 e. The minimum absolute atomic E-state index is 0.536. The van der Waals surface area contributed by atoms with Gasteiger partial charge in [0, 0.05) is 12.6 Å². The van der Waals surface area contributed by atoms with E-state index in [0.717, 1.165) is 18.0 Å². The Kier molecular flexibility index (Phi) is 7.45. The molecule has 0 heterocycles. The molecule has 1 aromatic rings. The number of hydrogen-bond acceptors (Lipinski definition) is 3. The first-order valence-electron chi connectivity index (χ1n) is 7.68. The number of benzene rings is 1. The van der Waals surface area contributed by atoms with Gasteiger partial charge in [-0.25, -0.2) is 0 Å². The predicted molar refractivity (Wildman–Crippen MR) is 87.6 cm³/mol. The molecule has 0 aromatic heterocycles. The maximum atomic E-state index is 5.49. The van der Waals surface area contributed by atoms with Crippen LogP contribution in [0.5, 0.6) is 5.75 Å². The monoisotopic (exact) mass is 278 g/mol. The van der Waals surface area contributed by atoms with Crippen molar-refractivity contribution in [3.05, 3.63) is 23.8 Å². The molecule has 0 spiro atoms. The minimum atomic E-state index is 0.536. The van der Waals surface area contributed by atoms with Gasteiger partial charge in [-0.1, -0.05) is 32.8 Å². The Morgan fingerprint density at radius 2 is 1.80 bits per heavy atom. The molecule has 0 aliphatic rings. The summed E-state index contributed by atoms with van der Waals surface area (Å²) in [5, 5.41) is 3.67. The zero-order valence-corrected chi connectivity index (χ0v) is 13.7. The molecule has 0 saturated carbocycles. The fraction of sp³-hybridized carbons (Fsp3) is 0.647. The van der Waals surface area contributed by atoms with Gasteiger partial charge in [0.2, 0.25) is 0 Å². The van der Waals surface area contributed by atoms with Gasteiger partial charge in [-0.3, -0.25) is 0 Å². The lowest BCUT2D eigenvalue weighted by atomic mass is 10.1. The second-order valence-corrected chi connectivity index (χ2v) is 5.69. The molecule has 0 aliphatic carbocycles. The molecule has 0 fully saturated rings. The molecule has 1 N–H and O–H groups in total. The molecule has 0 amide bonds. The Labute approximate surface area is 124 Å². The number of nitrogens with zero attached hydrogens (tertiary/aromatic N) is 1. The quantitative estimate of drug-likeness (QED) is 0.735. The standard InChI is InChI=1S/C17H30N2O/c1-6-8-15(9-7-2)18-16-12-14(13-19(3)4)10-11-17(16)20-5/h10-12,15,18H,6-9,13H2,1-5H3. The molecule has 0 aliphatic heterocycles. The first-order valence-corrected chi connectivity index (χ1v) is 7.68. The molecule has 0 atom stereocenters. The Balaban J connectivity index is 2.88. The van der Waals surface area contributed by atoms with E-state index in [0.29, 0.717) is 6.04 Å². The fourth-order valence-corrected chi connectivity index (χ4v) is 2.54. The van der Waals surface area contributed by atoms with Crippen molar-refractivity contribution >= 4 is 5.69 Å². The number of rotatable bonds is 9. The third-order valence-corrected chi connectivity index (χ3v) is 3.40. The van der Waals surface area contributed by atoms with Crippen LogP contribution in [-0.4, -0.2) is 32.1 Å². The highest BCUT2D eigenvalue weighted by atomic mass is 16.5. The van der Waals surface area contributed by atoms with E-state index in [1.165, 1.54) is 31.2 Å². The molecular weight excluding hydrogens is 248 g/mol. The highest BCUT2D eigenvalue weighted by Crippen LogP contribution is 2.28. The zero-order chi connectivity index (χ0) is 15.0. The summed E-state index contributed by atoms with van der Waals surface area (Å²) in [6, 6.07) is 6.96. The maximum Gasteiger partial charge on any atom is 0.141 e. The fourth-order valence-electron chi connectivity index (χ4n) is 2.54. The second kappa shape index (κ2) is 8.85. The summed E-state index contributed by atoms with van der Waals surface area (Å²) in [5.41, 5.74) is 2.43. The van der Waals surface area contributed by atoms with Crippen molar-refractivity contribution in [1.29, 1.82) is 0 Å². The smallest absolute Gasteiger partial charge is 0.141 e. The van der Waals surface area contributed by atoms with Gasteiger partial charge in [0.1, 0.15) is 5.75 Å². The molecule has 1 rings (SSSR count). The Morgan fingerprint density at radius 3 is 2.30 bits per heavy atom. The summed E-state index contributed by atoms with van der Waals surface area (Å²) in [5.74, 6) is 0.935. The summed E-state index contributed by atoms with van der Waals surface area (Å²) in [4.78, 5) is 2.18. The van der Waals surface area contributed by atoms with Gasteiger partial charge in [0.25, 0.3) is 0 Å². The van der Waals surface area contributed by atoms with Crippen LogP contribution < -0.4 is 10.1 Å². The van der Waals surface area contributed by atoms with Crippen molar-refractivity contribution in [2.24, 2.45) is 0 Å². The summed E-state index contributed by atoms with van der Waals surface area (Å²) in [7, 11) is 5.92. The lowest BCUT2D eigenvalue weighted by Gasteiger charge is -2.21. The van der Waals surface area contributed by atoms with E-state index in [2.05, 4.69) is 56.4 Å². The van der Waals surface area contributed by atoms with Crippen molar-refractivity contribution in [3.63, 3.8) is 0 Å². The lowest BCUT2D eigenvalue weighted by molar-refractivity contribution is 0.400. The molecule has 0 radical (unpaired) electrons. The molecule has 0 bridgehead atoms. The van der Waals surface area contributed by atoms with Crippen LogP contribution >= 0.6 is 0 Å². The van der Waals surface area contributed by atoms with Crippen LogP contribution in [0.3, 0.4) is 0 Å². The Bertz CT molecular complexity index is 385. The average molecular weight is 278 g/mol. The number of nitrogens with one attached hydrogen (secondary N) is 1. The van der Waals surface area contributed by atoms with E-state index < -0.39 is 0 Å². The van der Waals surface area contributed by atoms with Gasteiger partial charge in [0.15, 0.2) is 0 Å². The van der Waals surface area contributed by atoms with Crippen molar-refractivity contribution in [3.8, 4) is 5.75 Å². The first kappa shape index (κ1) is 16.8. The van der Waals surface area contributed by atoms with Gasteiger partial charge in [-0.05, 0) is 44.6 Å². The van der Waals surface area contributed by atoms with Crippen LogP contribution in [0.2, 0.25) is 0 Å².